The van der Waals surface area contributed by atoms with E-state index in [9.17, 15) is 4.39 Å². The Hall–Kier alpha value is -1.92. The van der Waals surface area contributed by atoms with Crippen molar-refractivity contribution in [3.8, 4) is 6.07 Å². The van der Waals surface area contributed by atoms with Crippen LogP contribution in [0.1, 0.15) is 11.1 Å². The van der Waals surface area contributed by atoms with Gasteiger partial charge in [-0.15, -0.1) is 0 Å². The molecule has 0 unspecified atom stereocenters. The number of hydrogen-bond acceptors (Lipinski definition) is 2. The minimum absolute atomic E-state index is 0.00372. The zero-order chi connectivity index (χ0) is 13.0. The molecule has 0 saturated heterocycles. The number of rotatable bonds is 3. The van der Waals surface area contributed by atoms with Gasteiger partial charge in [-0.1, -0.05) is 36.9 Å². The standard InChI is InChI=1S/C13H10ClFN2/c1-8-4-5-11(12(14)13(8)15)9(2)7-17-10(3)6-16/h4-5,7H,2-3H2,1H3/b17-7+. The third-order valence-electron chi connectivity index (χ3n) is 2.13. The van der Waals surface area contributed by atoms with E-state index in [0.29, 0.717) is 16.7 Å². The number of halogens is 2. The van der Waals surface area contributed by atoms with Crippen molar-refractivity contribution in [2.24, 2.45) is 4.99 Å². The molecule has 0 saturated carbocycles. The Kier molecular flexibility index (Phi) is 4.19. The second kappa shape index (κ2) is 5.42. The molecule has 0 amide bonds. The molecule has 0 fully saturated rings. The van der Waals surface area contributed by atoms with Gasteiger partial charge in [0.25, 0.3) is 0 Å². The fourth-order valence-electron chi connectivity index (χ4n) is 1.15. The number of benzene rings is 1. The largest absolute Gasteiger partial charge is 0.246 e. The average molecular weight is 249 g/mol. The lowest BCUT2D eigenvalue weighted by Crippen LogP contribution is -1.92. The van der Waals surface area contributed by atoms with Crippen LogP contribution in [0.2, 0.25) is 5.02 Å². The smallest absolute Gasteiger partial charge is 0.145 e. The van der Waals surface area contributed by atoms with Crippen molar-refractivity contribution in [1.29, 1.82) is 5.26 Å². The van der Waals surface area contributed by atoms with Crippen molar-refractivity contribution in [2.75, 3.05) is 0 Å². The monoisotopic (exact) mass is 248 g/mol. The van der Waals surface area contributed by atoms with Crippen LogP contribution in [0, 0.1) is 24.1 Å². The first kappa shape index (κ1) is 13.1. The van der Waals surface area contributed by atoms with Crippen LogP contribution in [-0.2, 0) is 0 Å². The van der Waals surface area contributed by atoms with Crippen molar-refractivity contribution in [2.45, 2.75) is 6.92 Å². The van der Waals surface area contributed by atoms with Gasteiger partial charge in [0.1, 0.15) is 17.6 Å². The Morgan fingerprint density at radius 3 is 2.76 bits per heavy atom. The molecule has 0 heterocycles. The third-order valence-corrected chi connectivity index (χ3v) is 2.50. The maximum atomic E-state index is 13.5. The normalized spacial score (nSPS) is 10.2. The van der Waals surface area contributed by atoms with Crippen molar-refractivity contribution >= 4 is 23.4 Å². The minimum Gasteiger partial charge on any atom is -0.246 e. The molecule has 1 rings (SSSR count). The molecule has 1 aromatic rings. The second-order valence-corrected chi connectivity index (χ2v) is 3.78. The summed E-state index contributed by atoms with van der Waals surface area (Å²) < 4.78 is 13.5. The number of nitriles is 1. The number of allylic oxidation sites excluding steroid dienone is 2. The van der Waals surface area contributed by atoms with E-state index in [1.54, 1.807) is 25.1 Å². The summed E-state index contributed by atoms with van der Waals surface area (Å²) in [6, 6.07) is 5.03. The SMILES string of the molecule is C=C(C#N)/N=C/C(=C)c1ccc(C)c(F)c1Cl. The van der Waals surface area contributed by atoms with E-state index in [1.807, 2.05) is 0 Å². The van der Waals surface area contributed by atoms with Crippen LogP contribution >= 0.6 is 11.6 Å². The van der Waals surface area contributed by atoms with Crippen molar-refractivity contribution in [3.63, 3.8) is 0 Å². The highest BCUT2D eigenvalue weighted by Crippen LogP contribution is 2.26. The summed E-state index contributed by atoms with van der Waals surface area (Å²) in [5.41, 5.74) is 1.38. The highest BCUT2D eigenvalue weighted by molar-refractivity contribution is 6.34. The topological polar surface area (TPSA) is 36.1 Å². The van der Waals surface area contributed by atoms with E-state index in [4.69, 9.17) is 16.9 Å². The van der Waals surface area contributed by atoms with Gasteiger partial charge in [0, 0.05) is 11.8 Å². The Bertz CT molecular complexity index is 553. The zero-order valence-electron chi connectivity index (χ0n) is 9.30. The fourth-order valence-corrected chi connectivity index (χ4v) is 1.48. The van der Waals surface area contributed by atoms with E-state index in [1.165, 1.54) is 6.21 Å². The van der Waals surface area contributed by atoms with Crippen molar-refractivity contribution in [3.05, 3.63) is 53.0 Å². The van der Waals surface area contributed by atoms with Crippen LogP contribution in [0.3, 0.4) is 0 Å². The minimum atomic E-state index is -0.474. The molecule has 4 heteroatoms. The predicted molar refractivity (Wildman–Crippen MR) is 68.4 cm³/mol. The van der Waals surface area contributed by atoms with E-state index in [-0.39, 0.29) is 10.7 Å². The van der Waals surface area contributed by atoms with Gasteiger partial charge in [-0.05, 0) is 18.1 Å². The van der Waals surface area contributed by atoms with Crippen LogP contribution < -0.4 is 0 Å². The molecule has 0 N–H and O–H groups in total. The predicted octanol–water partition coefficient (Wildman–Crippen LogP) is 3.91. The number of nitrogens with zero attached hydrogens (tertiary/aromatic N) is 2. The molecule has 0 atom stereocenters. The van der Waals surface area contributed by atoms with E-state index >= 15 is 0 Å². The molecule has 1 aromatic carbocycles. The van der Waals surface area contributed by atoms with Crippen LogP contribution in [-0.4, -0.2) is 6.21 Å². The van der Waals surface area contributed by atoms with Gasteiger partial charge in [0.15, 0.2) is 0 Å². The third kappa shape index (κ3) is 3.02. The first-order chi connectivity index (χ1) is 7.97. The molecule has 17 heavy (non-hydrogen) atoms. The van der Waals surface area contributed by atoms with Gasteiger partial charge < -0.3 is 0 Å². The molecular formula is C13H10ClFN2. The lowest BCUT2D eigenvalue weighted by Gasteiger charge is -2.06. The molecule has 0 bridgehead atoms. The highest BCUT2D eigenvalue weighted by Gasteiger charge is 2.10. The average Bonchev–Trinajstić information content (AvgIpc) is 2.32. The van der Waals surface area contributed by atoms with Gasteiger partial charge in [-0.2, -0.15) is 5.26 Å². The van der Waals surface area contributed by atoms with Crippen LogP contribution in [0.15, 0.2) is 36.0 Å². The van der Waals surface area contributed by atoms with Crippen LogP contribution in [0.25, 0.3) is 5.57 Å². The Labute approximate surface area is 104 Å². The molecule has 0 radical (unpaired) electrons. The van der Waals surface area contributed by atoms with Gasteiger partial charge in [-0.3, -0.25) is 0 Å². The molecule has 86 valence electrons. The summed E-state index contributed by atoms with van der Waals surface area (Å²) >= 11 is 5.86. The summed E-state index contributed by atoms with van der Waals surface area (Å²) in [7, 11) is 0. The Balaban J connectivity index is 3.07. The summed E-state index contributed by atoms with van der Waals surface area (Å²) in [4.78, 5) is 3.75. The molecule has 0 aromatic heterocycles. The molecule has 0 aliphatic carbocycles. The summed E-state index contributed by atoms with van der Waals surface area (Å²) in [5, 5.41) is 8.48. The van der Waals surface area contributed by atoms with Gasteiger partial charge >= 0.3 is 0 Å². The quantitative estimate of drug-likeness (QED) is 0.590. The van der Waals surface area contributed by atoms with Gasteiger partial charge in [0.05, 0.1) is 5.02 Å². The summed E-state index contributed by atoms with van der Waals surface area (Å²) in [6.07, 6.45) is 1.33. The lowest BCUT2D eigenvalue weighted by molar-refractivity contribution is 0.618. The lowest BCUT2D eigenvalue weighted by atomic mass is 10.1. The van der Waals surface area contributed by atoms with E-state index in [0.717, 1.165) is 0 Å². The molecular weight excluding hydrogens is 239 g/mol. The Morgan fingerprint density at radius 1 is 1.53 bits per heavy atom. The number of aliphatic imine (C=N–C) groups is 1. The zero-order valence-corrected chi connectivity index (χ0v) is 10.1. The maximum absolute atomic E-state index is 13.5. The molecule has 0 aliphatic rings. The maximum Gasteiger partial charge on any atom is 0.145 e. The molecule has 0 spiro atoms. The summed E-state index contributed by atoms with van der Waals surface area (Å²) in [5.74, 6) is -0.474. The van der Waals surface area contributed by atoms with Gasteiger partial charge in [-0.25, -0.2) is 9.38 Å². The summed E-state index contributed by atoms with van der Waals surface area (Å²) in [6.45, 7) is 8.72. The van der Waals surface area contributed by atoms with Crippen molar-refractivity contribution < 1.29 is 4.39 Å². The van der Waals surface area contributed by atoms with E-state index in [2.05, 4.69) is 18.2 Å². The molecule has 0 aliphatic heterocycles. The van der Waals surface area contributed by atoms with E-state index < -0.39 is 5.82 Å². The second-order valence-electron chi connectivity index (χ2n) is 3.40. The van der Waals surface area contributed by atoms with Crippen LogP contribution in [0.5, 0.6) is 0 Å². The number of aryl methyl sites for hydroxylation is 1. The van der Waals surface area contributed by atoms with Crippen molar-refractivity contribution in [1.82, 2.24) is 0 Å². The number of hydrogen-bond donors (Lipinski definition) is 0. The molecule has 2 nitrogen and oxygen atoms in total. The van der Waals surface area contributed by atoms with Gasteiger partial charge in [0.2, 0.25) is 0 Å². The first-order valence-corrected chi connectivity index (χ1v) is 5.12. The highest BCUT2D eigenvalue weighted by atomic mass is 35.5. The fraction of sp³-hybridized carbons (Fsp3) is 0.0769. The first-order valence-electron chi connectivity index (χ1n) is 4.74. The Morgan fingerprint density at radius 2 is 2.18 bits per heavy atom. The van der Waals surface area contributed by atoms with Crippen LogP contribution in [0.4, 0.5) is 4.39 Å².